The number of hydrogen-bond donors (Lipinski definition) is 1. The summed E-state index contributed by atoms with van der Waals surface area (Å²) in [4.78, 5) is 29.0. The van der Waals surface area contributed by atoms with Crippen molar-refractivity contribution in [1.82, 2.24) is 15.1 Å². The molecule has 2 aliphatic rings. The largest absolute Gasteiger partial charge is 0.472 e. The maximum Gasteiger partial charge on any atom is 0.317 e. The smallest absolute Gasteiger partial charge is 0.317 e. The molecule has 1 fully saturated rings. The highest BCUT2D eigenvalue weighted by atomic mass is 16.3. The van der Waals surface area contributed by atoms with Gasteiger partial charge in [0.25, 0.3) is 0 Å². The fraction of sp³-hybridized carbons (Fsp3) is 0.429. The molecule has 1 aromatic carbocycles. The van der Waals surface area contributed by atoms with Gasteiger partial charge >= 0.3 is 6.03 Å². The Morgan fingerprint density at radius 1 is 1.04 bits per heavy atom. The van der Waals surface area contributed by atoms with E-state index >= 15 is 0 Å². The van der Waals surface area contributed by atoms with E-state index in [4.69, 9.17) is 4.42 Å². The molecule has 0 atom stereocenters. The zero-order valence-electron chi connectivity index (χ0n) is 15.4. The normalized spacial score (nSPS) is 17.5. The van der Waals surface area contributed by atoms with E-state index < -0.39 is 0 Å². The molecule has 0 bridgehead atoms. The Morgan fingerprint density at radius 3 is 2.56 bits per heavy atom. The number of carbonyl (C=O) groups is 2. The van der Waals surface area contributed by atoms with E-state index in [0.29, 0.717) is 26.2 Å². The van der Waals surface area contributed by atoms with Crippen LogP contribution >= 0.6 is 0 Å². The summed E-state index contributed by atoms with van der Waals surface area (Å²) in [6.45, 7) is 3.21. The van der Waals surface area contributed by atoms with Crippen LogP contribution in [0.4, 0.5) is 4.79 Å². The second kappa shape index (κ2) is 7.86. The first-order valence-corrected chi connectivity index (χ1v) is 9.60. The van der Waals surface area contributed by atoms with Crippen molar-refractivity contribution in [2.24, 2.45) is 5.92 Å². The fourth-order valence-corrected chi connectivity index (χ4v) is 3.95. The number of hydrogen-bond acceptors (Lipinski definition) is 3. The van der Waals surface area contributed by atoms with Crippen LogP contribution in [0.3, 0.4) is 0 Å². The molecule has 4 rings (SSSR count). The maximum atomic E-state index is 12.9. The Balaban J connectivity index is 1.26. The topological polar surface area (TPSA) is 65.8 Å². The lowest BCUT2D eigenvalue weighted by Crippen LogP contribution is -2.48. The lowest BCUT2D eigenvalue weighted by molar-refractivity contribution is -0.137. The lowest BCUT2D eigenvalue weighted by atomic mass is 9.93. The number of piperidine rings is 1. The summed E-state index contributed by atoms with van der Waals surface area (Å²) < 4.78 is 5.01. The number of furan rings is 1. The molecule has 6 nitrogen and oxygen atoms in total. The molecule has 142 valence electrons. The third-order valence-electron chi connectivity index (χ3n) is 5.60. The predicted molar refractivity (Wildman–Crippen MR) is 101 cm³/mol. The molecule has 0 saturated carbocycles. The van der Waals surface area contributed by atoms with Gasteiger partial charge in [0.15, 0.2) is 0 Å². The standard InChI is InChI=1S/C21H25N3O3/c25-20(24-11-5-17-3-1-2-4-19(17)14-24)18-6-9-23(10-7-18)21(26)22-13-16-8-12-27-15-16/h1-4,8,12,15,18H,5-7,9-11,13-14H2,(H,22,26). The Kier molecular flexibility index (Phi) is 5.14. The number of nitrogens with one attached hydrogen (secondary N) is 1. The molecule has 2 aliphatic heterocycles. The molecule has 2 aromatic rings. The molecule has 0 unspecified atom stereocenters. The van der Waals surface area contributed by atoms with Crippen molar-refractivity contribution in [2.75, 3.05) is 19.6 Å². The van der Waals surface area contributed by atoms with E-state index in [1.165, 1.54) is 11.1 Å². The van der Waals surface area contributed by atoms with E-state index in [2.05, 4.69) is 23.5 Å². The van der Waals surface area contributed by atoms with Crippen LogP contribution in [-0.4, -0.2) is 41.4 Å². The van der Waals surface area contributed by atoms with Crippen LogP contribution in [0.15, 0.2) is 47.3 Å². The highest BCUT2D eigenvalue weighted by molar-refractivity contribution is 5.80. The minimum Gasteiger partial charge on any atom is -0.472 e. The van der Waals surface area contributed by atoms with Gasteiger partial charge in [-0.05, 0) is 36.5 Å². The number of likely N-dealkylation sites (tertiary alicyclic amines) is 1. The lowest BCUT2D eigenvalue weighted by Gasteiger charge is -2.36. The fourth-order valence-electron chi connectivity index (χ4n) is 3.95. The van der Waals surface area contributed by atoms with Gasteiger partial charge < -0.3 is 19.5 Å². The zero-order valence-corrected chi connectivity index (χ0v) is 15.4. The Bertz CT molecular complexity index is 795. The third-order valence-corrected chi connectivity index (χ3v) is 5.60. The Labute approximate surface area is 159 Å². The molecule has 1 N–H and O–H groups in total. The molecule has 27 heavy (non-hydrogen) atoms. The number of carbonyl (C=O) groups excluding carboxylic acids is 2. The van der Waals surface area contributed by atoms with Gasteiger partial charge in [0, 0.05) is 44.2 Å². The molecule has 0 aliphatic carbocycles. The van der Waals surface area contributed by atoms with Crippen LogP contribution < -0.4 is 5.32 Å². The van der Waals surface area contributed by atoms with E-state index in [1.807, 2.05) is 17.0 Å². The number of amides is 3. The van der Waals surface area contributed by atoms with E-state index in [-0.39, 0.29) is 17.9 Å². The summed E-state index contributed by atoms with van der Waals surface area (Å²) in [6, 6.07) is 10.1. The summed E-state index contributed by atoms with van der Waals surface area (Å²) >= 11 is 0. The van der Waals surface area contributed by atoms with Crippen LogP contribution in [0, 0.1) is 5.92 Å². The van der Waals surface area contributed by atoms with Gasteiger partial charge in [-0.3, -0.25) is 4.79 Å². The van der Waals surface area contributed by atoms with Crippen molar-refractivity contribution in [2.45, 2.75) is 32.4 Å². The molecule has 1 aromatic heterocycles. The quantitative estimate of drug-likeness (QED) is 0.907. The van der Waals surface area contributed by atoms with Crippen LogP contribution in [0.1, 0.15) is 29.5 Å². The first kappa shape index (κ1) is 17.6. The molecule has 0 radical (unpaired) electrons. The van der Waals surface area contributed by atoms with E-state index in [1.54, 1.807) is 17.4 Å². The van der Waals surface area contributed by atoms with Gasteiger partial charge in [0.05, 0.1) is 12.5 Å². The first-order chi connectivity index (χ1) is 13.2. The molecular weight excluding hydrogens is 342 g/mol. The molecular formula is C21H25N3O3. The van der Waals surface area contributed by atoms with Gasteiger partial charge in [-0.15, -0.1) is 0 Å². The second-order valence-electron chi connectivity index (χ2n) is 7.33. The first-order valence-electron chi connectivity index (χ1n) is 9.60. The van der Waals surface area contributed by atoms with E-state index in [0.717, 1.165) is 31.4 Å². The molecule has 6 heteroatoms. The average molecular weight is 367 g/mol. The van der Waals surface area contributed by atoms with Crippen molar-refractivity contribution in [3.05, 3.63) is 59.5 Å². The van der Waals surface area contributed by atoms with Crippen molar-refractivity contribution in [3.8, 4) is 0 Å². The summed E-state index contributed by atoms with van der Waals surface area (Å²) in [7, 11) is 0. The second-order valence-corrected chi connectivity index (χ2v) is 7.33. The molecule has 1 saturated heterocycles. The van der Waals surface area contributed by atoms with Crippen molar-refractivity contribution < 1.29 is 14.0 Å². The summed E-state index contributed by atoms with van der Waals surface area (Å²) in [5.74, 6) is 0.260. The number of rotatable bonds is 3. The van der Waals surface area contributed by atoms with Crippen molar-refractivity contribution in [1.29, 1.82) is 0 Å². The van der Waals surface area contributed by atoms with Gasteiger partial charge in [-0.1, -0.05) is 24.3 Å². The molecule has 3 heterocycles. The van der Waals surface area contributed by atoms with Crippen LogP contribution in [0.2, 0.25) is 0 Å². The maximum absolute atomic E-state index is 12.9. The summed E-state index contributed by atoms with van der Waals surface area (Å²) in [5.41, 5.74) is 3.55. The monoisotopic (exact) mass is 367 g/mol. The third kappa shape index (κ3) is 3.99. The summed E-state index contributed by atoms with van der Waals surface area (Å²) in [5, 5.41) is 2.90. The molecule has 3 amide bonds. The minimum absolute atomic E-state index is 0.0215. The highest BCUT2D eigenvalue weighted by Gasteiger charge is 2.31. The number of benzene rings is 1. The Hall–Kier alpha value is -2.76. The minimum atomic E-state index is -0.0750. The Morgan fingerprint density at radius 2 is 1.81 bits per heavy atom. The zero-order chi connectivity index (χ0) is 18.6. The van der Waals surface area contributed by atoms with Gasteiger partial charge in [0.1, 0.15) is 0 Å². The van der Waals surface area contributed by atoms with Crippen LogP contribution in [-0.2, 0) is 24.3 Å². The molecule has 0 spiro atoms. The number of nitrogens with zero attached hydrogens (tertiary/aromatic N) is 2. The van der Waals surface area contributed by atoms with Gasteiger partial charge in [-0.25, -0.2) is 4.79 Å². The van der Waals surface area contributed by atoms with Gasteiger partial charge in [-0.2, -0.15) is 0 Å². The highest BCUT2D eigenvalue weighted by Crippen LogP contribution is 2.24. The van der Waals surface area contributed by atoms with Crippen molar-refractivity contribution in [3.63, 3.8) is 0 Å². The van der Waals surface area contributed by atoms with Crippen molar-refractivity contribution >= 4 is 11.9 Å². The SMILES string of the molecule is O=C(NCc1ccoc1)N1CCC(C(=O)N2CCc3ccccc3C2)CC1. The van der Waals surface area contributed by atoms with Gasteiger partial charge in [0.2, 0.25) is 5.91 Å². The predicted octanol–water partition coefficient (Wildman–Crippen LogP) is 2.79. The number of fused-ring (bicyclic) bond motifs is 1. The summed E-state index contributed by atoms with van der Waals surface area (Å²) in [6.07, 6.45) is 5.61. The van der Waals surface area contributed by atoms with Crippen LogP contribution in [0.25, 0.3) is 0 Å². The van der Waals surface area contributed by atoms with Crippen LogP contribution in [0.5, 0.6) is 0 Å². The number of urea groups is 1. The van der Waals surface area contributed by atoms with E-state index in [9.17, 15) is 9.59 Å². The average Bonchev–Trinajstić information content (AvgIpc) is 3.25.